The van der Waals surface area contributed by atoms with Crippen LogP contribution < -0.4 is 11.1 Å². The Labute approximate surface area is 182 Å². The van der Waals surface area contributed by atoms with Gasteiger partial charge in [-0.3, -0.25) is 4.79 Å². The number of amides is 1. The molecular formula is C22H19ClN2O4S. The second-order valence-electron chi connectivity index (χ2n) is 6.58. The predicted molar refractivity (Wildman–Crippen MR) is 120 cm³/mol. The van der Waals surface area contributed by atoms with E-state index in [1.165, 1.54) is 6.08 Å². The van der Waals surface area contributed by atoms with E-state index in [-0.39, 0.29) is 27.9 Å². The Morgan fingerprint density at radius 2 is 1.97 bits per heavy atom. The Morgan fingerprint density at radius 3 is 2.63 bits per heavy atom. The van der Waals surface area contributed by atoms with Crippen LogP contribution in [-0.4, -0.2) is 22.1 Å². The fourth-order valence-electron chi connectivity index (χ4n) is 2.86. The lowest BCUT2D eigenvalue weighted by molar-refractivity contribution is -0.112. The van der Waals surface area contributed by atoms with Gasteiger partial charge < -0.3 is 21.3 Å². The van der Waals surface area contributed by atoms with Gasteiger partial charge in [0, 0.05) is 21.9 Å². The predicted octanol–water partition coefficient (Wildman–Crippen LogP) is 5.12. The van der Waals surface area contributed by atoms with E-state index in [4.69, 9.17) is 17.3 Å². The summed E-state index contributed by atoms with van der Waals surface area (Å²) < 4.78 is 0. The van der Waals surface area contributed by atoms with E-state index in [0.29, 0.717) is 16.1 Å². The van der Waals surface area contributed by atoms with Crippen LogP contribution in [0.2, 0.25) is 5.02 Å². The third-order valence-corrected chi connectivity index (χ3v) is 5.75. The highest BCUT2D eigenvalue weighted by Gasteiger charge is 2.21. The van der Waals surface area contributed by atoms with Gasteiger partial charge in [-0.1, -0.05) is 48.9 Å². The second-order valence-corrected chi connectivity index (χ2v) is 7.90. The first kappa shape index (κ1) is 21.4. The van der Waals surface area contributed by atoms with Gasteiger partial charge in [-0.25, -0.2) is 4.79 Å². The molecular weight excluding hydrogens is 424 g/mol. The molecule has 1 heterocycles. The maximum absolute atomic E-state index is 12.5. The fourth-order valence-corrected chi connectivity index (χ4v) is 3.94. The van der Waals surface area contributed by atoms with Crippen molar-refractivity contribution < 1.29 is 19.8 Å². The molecule has 30 heavy (non-hydrogen) atoms. The van der Waals surface area contributed by atoms with Crippen LogP contribution in [0.25, 0.3) is 11.1 Å². The van der Waals surface area contributed by atoms with Crippen molar-refractivity contribution in [2.24, 2.45) is 11.7 Å². The molecule has 0 fully saturated rings. The smallest absolute Gasteiger partial charge is 0.339 e. The number of allylic oxidation sites excluding steroid dienone is 6. The number of nitrogens with one attached hydrogen (secondary N) is 1. The molecule has 0 bridgehead atoms. The van der Waals surface area contributed by atoms with E-state index in [2.05, 4.69) is 5.32 Å². The summed E-state index contributed by atoms with van der Waals surface area (Å²) in [6, 6.07) is 6.76. The number of rotatable bonds is 5. The second kappa shape index (κ2) is 9.02. The van der Waals surface area contributed by atoms with Crippen molar-refractivity contribution in [2.75, 3.05) is 5.32 Å². The van der Waals surface area contributed by atoms with E-state index in [1.54, 1.807) is 47.9 Å². The minimum absolute atomic E-state index is 0.0132. The van der Waals surface area contributed by atoms with E-state index >= 15 is 0 Å². The number of nitrogens with two attached hydrogens (primary N) is 1. The minimum atomic E-state index is -1.16. The Kier molecular flexibility index (Phi) is 6.44. The zero-order chi connectivity index (χ0) is 21.8. The number of carboxylic acid groups (broad SMARTS) is 1. The van der Waals surface area contributed by atoms with Crippen LogP contribution in [0, 0.1) is 5.92 Å². The van der Waals surface area contributed by atoms with Gasteiger partial charge >= 0.3 is 5.97 Å². The minimum Gasteiger partial charge on any atom is -0.512 e. The zero-order valence-corrected chi connectivity index (χ0v) is 17.5. The highest BCUT2D eigenvalue weighted by molar-refractivity contribution is 7.15. The average molecular weight is 443 g/mol. The fraction of sp³-hybridized carbons (Fsp3) is 0.0909. The molecule has 2 aromatic rings. The number of thiophene rings is 1. The number of carboxylic acids is 1. The standard InChI is InChI=1S/C22H19ClN2O4S/c1-12-13(3-2-4-18(12)26)7-10-17(24)20(27)25-21-19(22(28)29)16(11-30-21)14-5-8-15(23)9-6-14/h2-12,26H,24H2,1H3,(H,25,27)(H,28,29)/b13-7-,17-10-. The molecule has 6 nitrogen and oxygen atoms in total. The maximum atomic E-state index is 12.5. The van der Waals surface area contributed by atoms with E-state index < -0.39 is 11.9 Å². The number of aliphatic hydroxyl groups excluding tert-OH is 1. The molecule has 0 aliphatic heterocycles. The molecule has 8 heteroatoms. The van der Waals surface area contributed by atoms with Gasteiger partial charge in [0.1, 0.15) is 10.6 Å². The van der Waals surface area contributed by atoms with Gasteiger partial charge in [0.15, 0.2) is 0 Å². The van der Waals surface area contributed by atoms with Crippen LogP contribution in [0.4, 0.5) is 5.00 Å². The van der Waals surface area contributed by atoms with Gasteiger partial charge in [-0.2, -0.15) is 0 Å². The molecule has 5 N–H and O–H groups in total. The van der Waals surface area contributed by atoms with Gasteiger partial charge in [-0.15, -0.1) is 11.3 Å². The van der Waals surface area contributed by atoms with Gasteiger partial charge in [0.25, 0.3) is 5.91 Å². The zero-order valence-electron chi connectivity index (χ0n) is 15.9. The van der Waals surface area contributed by atoms with Crippen molar-refractivity contribution >= 4 is 39.8 Å². The Hall–Kier alpha value is -3.29. The topological polar surface area (TPSA) is 113 Å². The summed E-state index contributed by atoms with van der Waals surface area (Å²) >= 11 is 7.00. The average Bonchev–Trinajstić information content (AvgIpc) is 3.13. The number of halogens is 1. The van der Waals surface area contributed by atoms with Crippen molar-refractivity contribution in [1.29, 1.82) is 0 Å². The normalized spacial score (nSPS) is 17.7. The largest absolute Gasteiger partial charge is 0.512 e. The lowest BCUT2D eigenvalue weighted by atomic mass is 9.94. The molecule has 154 valence electrons. The molecule has 0 radical (unpaired) electrons. The summed E-state index contributed by atoms with van der Waals surface area (Å²) in [6.07, 6.45) is 8.19. The summed E-state index contributed by atoms with van der Waals surface area (Å²) in [5.41, 5.74) is 7.71. The van der Waals surface area contributed by atoms with Crippen molar-refractivity contribution in [3.63, 3.8) is 0 Å². The molecule has 3 rings (SSSR count). The molecule has 0 saturated carbocycles. The molecule has 0 spiro atoms. The lowest BCUT2D eigenvalue weighted by Gasteiger charge is -2.14. The lowest BCUT2D eigenvalue weighted by Crippen LogP contribution is -2.20. The highest BCUT2D eigenvalue weighted by Crippen LogP contribution is 2.36. The van der Waals surface area contributed by atoms with Crippen LogP contribution >= 0.6 is 22.9 Å². The number of aliphatic hydroxyl groups is 1. The summed E-state index contributed by atoms with van der Waals surface area (Å²) in [4.78, 5) is 24.3. The van der Waals surface area contributed by atoms with Gasteiger partial charge in [0.2, 0.25) is 0 Å². The van der Waals surface area contributed by atoms with Crippen LogP contribution in [0.5, 0.6) is 0 Å². The quantitative estimate of drug-likeness (QED) is 0.480. The SMILES string of the molecule is CC1C(O)=CC=C/C1=C/C=C(\N)C(=O)Nc1scc(-c2ccc(Cl)cc2)c1C(=O)O. The Morgan fingerprint density at radius 1 is 1.27 bits per heavy atom. The van der Waals surface area contributed by atoms with Crippen molar-refractivity contribution in [3.8, 4) is 11.1 Å². The van der Waals surface area contributed by atoms with Crippen molar-refractivity contribution in [2.45, 2.75) is 6.92 Å². The number of aromatic carboxylic acids is 1. The molecule has 1 aliphatic rings. The number of hydrogen-bond acceptors (Lipinski definition) is 5. The summed E-state index contributed by atoms with van der Waals surface area (Å²) in [5, 5.41) is 24.4. The first-order valence-corrected chi connectivity index (χ1v) is 10.2. The molecule has 0 saturated heterocycles. The maximum Gasteiger partial charge on any atom is 0.339 e. The third-order valence-electron chi connectivity index (χ3n) is 4.60. The number of anilines is 1. The number of carbonyl (C=O) groups excluding carboxylic acids is 1. The molecule has 1 aromatic carbocycles. The molecule has 1 aliphatic carbocycles. The van der Waals surface area contributed by atoms with Crippen LogP contribution in [0.1, 0.15) is 17.3 Å². The van der Waals surface area contributed by atoms with Crippen LogP contribution in [0.15, 0.2) is 77.1 Å². The third kappa shape index (κ3) is 4.64. The summed E-state index contributed by atoms with van der Waals surface area (Å²) in [7, 11) is 0. The Balaban J connectivity index is 1.83. The van der Waals surface area contributed by atoms with E-state index in [9.17, 15) is 19.8 Å². The molecule has 1 aromatic heterocycles. The number of carbonyl (C=O) groups is 2. The summed E-state index contributed by atoms with van der Waals surface area (Å²) in [5.74, 6) is -1.77. The first-order valence-electron chi connectivity index (χ1n) is 8.94. The van der Waals surface area contributed by atoms with E-state index in [0.717, 1.165) is 16.9 Å². The van der Waals surface area contributed by atoms with Crippen LogP contribution in [0.3, 0.4) is 0 Å². The monoisotopic (exact) mass is 442 g/mol. The van der Waals surface area contributed by atoms with Crippen LogP contribution in [-0.2, 0) is 4.79 Å². The van der Waals surface area contributed by atoms with Gasteiger partial charge in [0.05, 0.1) is 11.5 Å². The van der Waals surface area contributed by atoms with Crippen molar-refractivity contribution in [1.82, 2.24) is 0 Å². The van der Waals surface area contributed by atoms with E-state index in [1.807, 2.05) is 13.0 Å². The Bertz CT molecular complexity index is 1110. The molecule has 1 unspecified atom stereocenters. The first-order chi connectivity index (χ1) is 14.3. The van der Waals surface area contributed by atoms with Gasteiger partial charge in [-0.05, 0) is 35.4 Å². The number of hydrogen-bond donors (Lipinski definition) is 4. The highest BCUT2D eigenvalue weighted by atomic mass is 35.5. The molecule has 1 amide bonds. The summed E-state index contributed by atoms with van der Waals surface area (Å²) in [6.45, 7) is 1.83. The number of benzene rings is 1. The van der Waals surface area contributed by atoms with Crippen molar-refractivity contribution in [3.05, 3.63) is 87.6 Å². The molecule has 1 atom stereocenters.